The summed E-state index contributed by atoms with van der Waals surface area (Å²) in [5.41, 5.74) is 6.92. The van der Waals surface area contributed by atoms with E-state index in [1.807, 2.05) is 36.1 Å². The van der Waals surface area contributed by atoms with Crippen LogP contribution in [0.3, 0.4) is 0 Å². The van der Waals surface area contributed by atoms with Crippen molar-refractivity contribution >= 4 is 18.3 Å². The topological polar surface area (TPSA) is 55.6 Å². The molecule has 0 aliphatic carbocycles. The molecule has 0 radical (unpaired) electrons. The summed E-state index contributed by atoms with van der Waals surface area (Å²) in [5.74, 6) is 1.37. The van der Waals surface area contributed by atoms with Crippen molar-refractivity contribution in [2.45, 2.75) is 32.2 Å². The maximum Gasteiger partial charge on any atom is 0.227 e. The zero-order chi connectivity index (χ0) is 14.5. The third-order valence-corrected chi connectivity index (χ3v) is 4.09. The van der Waals surface area contributed by atoms with E-state index in [1.54, 1.807) is 7.11 Å². The Bertz CT molecular complexity index is 465. The van der Waals surface area contributed by atoms with Crippen molar-refractivity contribution in [2.75, 3.05) is 20.2 Å². The van der Waals surface area contributed by atoms with Crippen LogP contribution in [0.2, 0.25) is 0 Å². The minimum absolute atomic E-state index is 0. The highest BCUT2D eigenvalue weighted by Crippen LogP contribution is 2.22. The van der Waals surface area contributed by atoms with Gasteiger partial charge < -0.3 is 15.4 Å². The molecule has 0 spiro atoms. The van der Waals surface area contributed by atoms with E-state index in [0.717, 1.165) is 37.2 Å². The molecule has 0 aromatic heterocycles. The molecule has 2 atom stereocenters. The SMILES string of the molecule is COc1ccccc1CC(=O)N1CCCC(C(C)N)C1.Cl. The Morgan fingerprint density at radius 1 is 1.48 bits per heavy atom. The summed E-state index contributed by atoms with van der Waals surface area (Å²) in [6.45, 7) is 3.65. The van der Waals surface area contributed by atoms with Gasteiger partial charge in [-0.25, -0.2) is 0 Å². The van der Waals surface area contributed by atoms with Crippen LogP contribution in [-0.4, -0.2) is 37.0 Å². The first-order valence-electron chi connectivity index (χ1n) is 7.27. The molecule has 21 heavy (non-hydrogen) atoms. The van der Waals surface area contributed by atoms with Crippen molar-refractivity contribution in [1.29, 1.82) is 0 Å². The highest BCUT2D eigenvalue weighted by Gasteiger charge is 2.26. The maximum absolute atomic E-state index is 12.4. The number of carbonyl (C=O) groups is 1. The molecule has 1 aromatic rings. The Kier molecular flexibility index (Phi) is 6.99. The second kappa shape index (κ2) is 8.25. The lowest BCUT2D eigenvalue weighted by atomic mass is 9.92. The normalized spacial score (nSPS) is 19.6. The molecule has 2 rings (SSSR count). The van der Waals surface area contributed by atoms with Crippen molar-refractivity contribution < 1.29 is 9.53 Å². The van der Waals surface area contributed by atoms with Crippen molar-refractivity contribution in [2.24, 2.45) is 11.7 Å². The van der Waals surface area contributed by atoms with Gasteiger partial charge in [0.2, 0.25) is 5.91 Å². The molecule has 4 nitrogen and oxygen atoms in total. The molecule has 1 heterocycles. The number of piperidine rings is 1. The van der Waals surface area contributed by atoms with E-state index in [4.69, 9.17) is 10.5 Å². The van der Waals surface area contributed by atoms with Crippen LogP contribution in [0.25, 0.3) is 0 Å². The van der Waals surface area contributed by atoms with Crippen LogP contribution >= 0.6 is 12.4 Å². The Labute approximate surface area is 133 Å². The van der Waals surface area contributed by atoms with Gasteiger partial charge in [-0.15, -0.1) is 12.4 Å². The summed E-state index contributed by atoms with van der Waals surface area (Å²) in [6.07, 6.45) is 2.57. The number of ether oxygens (including phenoxy) is 1. The van der Waals surface area contributed by atoms with E-state index in [2.05, 4.69) is 0 Å². The molecule has 0 bridgehead atoms. The maximum atomic E-state index is 12.4. The van der Waals surface area contributed by atoms with Gasteiger partial charge in [0.1, 0.15) is 5.75 Å². The second-order valence-electron chi connectivity index (χ2n) is 5.59. The average Bonchev–Trinajstić information content (AvgIpc) is 2.48. The van der Waals surface area contributed by atoms with Crippen molar-refractivity contribution in [1.82, 2.24) is 4.90 Å². The van der Waals surface area contributed by atoms with Crippen LogP contribution in [-0.2, 0) is 11.2 Å². The van der Waals surface area contributed by atoms with Gasteiger partial charge in [-0.3, -0.25) is 4.79 Å². The van der Waals surface area contributed by atoms with Crippen molar-refractivity contribution in [3.63, 3.8) is 0 Å². The third-order valence-electron chi connectivity index (χ3n) is 4.09. The van der Waals surface area contributed by atoms with Gasteiger partial charge in [0.15, 0.2) is 0 Å². The fraction of sp³-hybridized carbons (Fsp3) is 0.562. The van der Waals surface area contributed by atoms with E-state index < -0.39 is 0 Å². The molecule has 118 valence electrons. The summed E-state index contributed by atoms with van der Waals surface area (Å²) < 4.78 is 5.30. The van der Waals surface area contributed by atoms with Gasteiger partial charge in [0, 0.05) is 24.7 Å². The average molecular weight is 313 g/mol. The van der Waals surface area contributed by atoms with Gasteiger partial charge in [0.25, 0.3) is 0 Å². The molecule has 1 aliphatic rings. The number of nitrogens with zero attached hydrogens (tertiary/aromatic N) is 1. The van der Waals surface area contributed by atoms with Gasteiger partial charge in [-0.1, -0.05) is 18.2 Å². The summed E-state index contributed by atoms with van der Waals surface area (Å²) in [5, 5.41) is 0. The first kappa shape index (κ1) is 17.8. The molecule has 1 saturated heterocycles. The fourth-order valence-corrected chi connectivity index (χ4v) is 2.79. The van der Waals surface area contributed by atoms with Crippen LogP contribution in [0.4, 0.5) is 0 Å². The van der Waals surface area contributed by atoms with E-state index in [-0.39, 0.29) is 24.4 Å². The monoisotopic (exact) mass is 312 g/mol. The predicted octanol–water partition coefficient (Wildman–Crippen LogP) is 2.25. The number of hydrogen-bond acceptors (Lipinski definition) is 3. The molecule has 1 fully saturated rings. The Morgan fingerprint density at radius 3 is 2.86 bits per heavy atom. The first-order chi connectivity index (χ1) is 9.61. The van der Waals surface area contributed by atoms with Gasteiger partial charge in [-0.2, -0.15) is 0 Å². The standard InChI is InChI=1S/C16H24N2O2.ClH/c1-12(17)14-7-5-9-18(11-14)16(19)10-13-6-3-4-8-15(13)20-2;/h3-4,6,8,12,14H,5,7,9-11,17H2,1-2H3;1H. The lowest BCUT2D eigenvalue weighted by Gasteiger charge is -2.34. The zero-order valence-corrected chi connectivity index (χ0v) is 13.6. The quantitative estimate of drug-likeness (QED) is 0.927. The lowest BCUT2D eigenvalue weighted by Crippen LogP contribution is -2.45. The number of likely N-dealkylation sites (tertiary alicyclic amines) is 1. The van der Waals surface area contributed by atoms with Crippen LogP contribution in [0.5, 0.6) is 5.75 Å². The molecule has 1 aromatic carbocycles. The van der Waals surface area contributed by atoms with Crippen molar-refractivity contribution in [3.8, 4) is 5.75 Å². The molecule has 0 saturated carbocycles. The predicted molar refractivity (Wildman–Crippen MR) is 86.9 cm³/mol. The molecule has 2 N–H and O–H groups in total. The minimum atomic E-state index is 0. The van der Waals surface area contributed by atoms with Gasteiger partial charge in [0.05, 0.1) is 13.5 Å². The number of rotatable bonds is 4. The van der Waals surface area contributed by atoms with E-state index in [9.17, 15) is 4.79 Å². The van der Waals surface area contributed by atoms with Crippen LogP contribution in [0.15, 0.2) is 24.3 Å². The molecule has 1 amide bonds. The van der Waals surface area contributed by atoms with E-state index >= 15 is 0 Å². The summed E-state index contributed by atoms with van der Waals surface area (Å²) >= 11 is 0. The summed E-state index contributed by atoms with van der Waals surface area (Å²) in [6, 6.07) is 7.84. The number of amides is 1. The Morgan fingerprint density at radius 2 is 2.19 bits per heavy atom. The van der Waals surface area contributed by atoms with E-state index in [0.29, 0.717) is 12.3 Å². The van der Waals surface area contributed by atoms with Crippen molar-refractivity contribution in [3.05, 3.63) is 29.8 Å². The molecular weight excluding hydrogens is 288 g/mol. The molecule has 1 aliphatic heterocycles. The summed E-state index contributed by atoms with van der Waals surface area (Å²) in [7, 11) is 1.64. The number of nitrogens with two attached hydrogens (primary N) is 1. The number of hydrogen-bond donors (Lipinski definition) is 1. The largest absolute Gasteiger partial charge is 0.496 e. The molecular formula is C16H25ClN2O2. The second-order valence-corrected chi connectivity index (χ2v) is 5.59. The Hall–Kier alpha value is -1.26. The number of methoxy groups -OCH3 is 1. The van der Waals surface area contributed by atoms with Crippen LogP contribution in [0, 0.1) is 5.92 Å². The smallest absolute Gasteiger partial charge is 0.227 e. The number of carbonyl (C=O) groups excluding carboxylic acids is 1. The Balaban J connectivity index is 0.00000220. The highest BCUT2D eigenvalue weighted by atomic mass is 35.5. The third kappa shape index (κ3) is 4.61. The van der Waals surface area contributed by atoms with Gasteiger partial charge >= 0.3 is 0 Å². The zero-order valence-electron chi connectivity index (χ0n) is 12.7. The van der Waals surface area contributed by atoms with Crippen LogP contribution < -0.4 is 10.5 Å². The number of benzene rings is 1. The van der Waals surface area contributed by atoms with Gasteiger partial charge in [-0.05, 0) is 31.7 Å². The fourth-order valence-electron chi connectivity index (χ4n) is 2.79. The highest BCUT2D eigenvalue weighted by molar-refractivity contribution is 5.85. The first-order valence-corrected chi connectivity index (χ1v) is 7.27. The molecule has 2 unspecified atom stereocenters. The summed E-state index contributed by atoms with van der Waals surface area (Å²) in [4.78, 5) is 14.4. The molecule has 5 heteroatoms. The number of halogens is 1. The lowest BCUT2D eigenvalue weighted by molar-refractivity contribution is -0.132. The minimum Gasteiger partial charge on any atom is -0.496 e. The van der Waals surface area contributed by atoms with E-state index in [1.165, 1.54) is 0 Å². The van der Waals surface area contributed by atoms with Crippen LogP contribution in [0.1, 0.15) is 25.3 Å². The number of para-hydroxylation sites is 1.